The lowest BCUT2D eigenvalue weighted by molar-refractivity contribution is -0.0115. The van der Waals surface area contributed by atoms with Crippen LogP contribution in [0.25, 0.3) is 0 Å². The average molecular weight is 701 g/mol. The van der Waals surface area contributed by atoms with E-state index in [1.165, 1.54) is 28.1 Å². The lowest BCUT2D eigenvalue weighted by Gasteiger charge is -2.35. The van der Waals surface area contributed by atoms with Crippen molar-refractivity contribution < 1.29 is 37.3 Å². The summed E-state index contributed by atoms with van der Waals surface area (Å²) in [5, 5.41) is 12.9. The van der Waals surface area contributed by atoms with Crippen molar-refractivity contribution >= 4 is 33.3 Å². The maximum atomic E-state index is 14.4. The Labute approximate surface area is 288 Å². The van der Waals surface area contributed by atoms with Crippen LogP contribution < -0.4 is 19.5 Å². The molecule has 3 aromatic rings. The number of fused-ring (bicyclic) bond motifs is 1. The minimum absolute atomic E-state index is 0.145. The number of sulfonamides is 1. The van der Waals surface area contributed by atoms with Crippen LogP contribution in [0.15, 0.2) is 60.0 Å². The molecule has 2 aromatic carbocycles. The molecule has 4 rings (SSSR count). The molecule has 49 heavy (non-hydrogen) atoms. The molecule has 0 bridgehead atoms. The fourth-order valence-corrected chi connectivity index (χ4v) is 6.46. The summed E-state index contributed by atoms with van der Waals surface area (Å²) in [6.07, 6.45) is 4.31. The third-order valence-electron chi connectivity index (χ3n) is 8.40. The highest BCUT2D eigenvalue weighted by Crippen LogP contribution is 2.29. The highest BCUT2D eigenvalue weighted by Gasteiger charge is 2.31. The van der Waals surface area contributed by atoms with Gasteiger partial charge in [0.1, 0.15) is 11.5 Å². The molecule has 1 aliphatic heterocycles. The van der Waals surface area contributed by atoms with Crippen LogP contribution in [0.1, 0.15) is 50.4 Å². The molecule has 1 aromatic heterocycles. The largest absolute Gasteiger partial charge is 0.497 e. The van der Waals surface area contributed by atoms with Gasteiger partial charge in [-0.05, 0) is 75.6 Å². The Morgan fingerprint density at radius 2 is 1.88 bits per heavy atom. The molecule has 0 aliphatic carbocycles. The van der Waals surface area contributed by atoms with Crippen molar-refractivity contribution in [1.29, 1.82) is 0 Å². The SMILES string of the molecule is COc1ccc(NC(=O)N(C)C[C@@H]2OCCCC[C@@H](C)Oc3ccc(NS(=O)(=O)c4cn(C)cn4)cc3C(=O)N([C@@H](C)CO)C[C@H]2C)cc1. The van der Waals surface area contributed by atoms with Gasteiger partial charge in [0.05, 0.1) is 43.9 Å². The van der Waals surface area contributed by atoms with Gasteiger partial charge in [-0.25, -0.2) is 9.78 Å². The van der Waals surface area contributed by atoms with Gasteiger partial charge in [0, 0.05) is 57.3 Å². The van der Waals surface area contributed by atoms with E-state index < -0.39 is 28.1 Å². The number of urea groups is 1. The molecule has 1 aliphatic rings. The Morgan fingerprint density at radius 1 is 1.16 bits per heavy atom. The first-order valence-corrected chi connectivity index (χ1v) is 17.8. The van der Waals surface area contributed by atoms with Crippen LogP contribution in [0.3, 0.4) is 0 Å². The predicted molar refractivity (Wildman–Crippen MR) is 186 cm³/mol. The topological polar surface area (TPSA) is 165 Å². The summed E-state index contributed by atoms with van der Waals surface area (Å²) in [5.74, 6) is 0.262. The van der Waals surface area contributed by atoms with Crippen LogP contribution in [0, 0.1) is 5.92 Å². The van der Waals surface area contributed by atoms with Crippen LogP contribution in [0.5, 0.6) is 11.5 Å². The summed E-state index contributed by atoms with van der Waals surface area (Å²) in [6.45, 7) is 6.14. The Morgan fingerprint density at radius 3 is 2.53 bits per heavy atom. The number of aromatic nitrogens is 2. The molecule has 0 spiro atoms. The molecule has 0 radical (unpaired) electrons. The maximum absolute atomic E-state index is 14.4. The van der Waals surface area contributed by atoms with Crippen molar-refractivity contribution in [3.8, 4) is 11.5 Å². The molecule has 3 N–H and O–H groups in total. The van der Waals surface area contributed by atoms with E-state index in [1.54, 1.807) is 69.4 Å². The van der Waals surface area contributed by atoms with Crippen molar-refractivity contribution in [3.63, 3.8) is 0 Å². The second-order valence-corrected chi connectivity index (χ2v) is 14.2. The number of aliphatic hydroxyl groups excluding tert-OH is 1. The number of benzene rings is 2. The van der Waals surface area contributed by atoms with E-state index in [9.17, 15) is 23.1 Å². The number of carbonyl (C=O) groups is 2. The summed E-state index contributed by atoms with van der Waals surface area (Å²) >= 11 is 0. The van der Waals surface area contributed by atoms with Gasteiger partial charge in [0.25, 0.3) is 15.9 Å². The Balaban J connectivity index is 1.60. The van der Waals surface area contributed by atoms with E-state index in [1.807, 2.05) is 13.8 Å². The first-order valence-electron chi connectivity index (χ1n) is 16.3. The van der Waals surface area contributed by atoms with Gasteiger partial charge in [0.2, 0.25) is 0 Å². The fourth-order valence-electron chi connectivity index (χ4n) is 5.43. The maximum Gasteiger partial charge on any atom is 0.321 e. The Kier molecular flexibility index (Phi) is 12.9. The van der Waals surface area contributed by atoms with Gasteiger partial charge in [-0.1, -0.05) is 6.92 Å². The van der Waals surface area contributed by atoms with Gasteiger partial charge in [0.15, 0.2) is 5.03 Å². The molecule has 15 heteroatoms. The fraction of sp³-hybridized carbons (Fsp3) is 0.500. The number of hydrogen-bond acceptors (Lipinski definition) is 9. The number of nitrogens with one attached hydrogen (secondary N) is 2. The quantitative estimate of drug-likeness (QED) is 0.297. The van der Waals surface area contributed by atoms with Gasteiger partial charge >= 0.3 is 6.03 Å². The third kappa shape index (κ3) is 10.1. The van der Waals surface area contributed by atoms with E-state index in [4.69, 9.17) is 14.2 Å². The zero-order valence-electron chi connectivity index (χ0n) is 29.0. The number of ether oxygens (including phenoxy) is 3. The smallest absolute Gasteiger partial charge is 0.321 e. The number of carbonyl (C=O) groups excluding carboxylic acids is 2. The molecular formula is C34H48N6O8S. The number of nitrogens with zero attached hydrogens (tertiary/aromatic N) is 4. The van der Waals surface area contributed by atoms with Crippen molar-refractivity contribution in [2.24, 2.45) is 13.0 Å². The van der Waals surface area contributed by atoms with Gasteiger partial charge in [-0.3, -0.25) is 9.52 Å². The number of likely N-dealkylation sites (N-methyl/N-ethyl adjacent to an activating group) is 1. The molecule has 0 unspecified atom stereocenters. The van der Waals surface area contributed by atoms with E-state index in [-0.39, 0.29) is 54.0 Å². The number of anilines is 2. The minimum Gasteiger partial charge on any atom is -0.497 e. The summed E-state index contributed by atoms with van der Waals surface area (Å²) in [5.41, 5.74) is 0.916. The summed E-state index contributed by atoms with van der Waals surface area (Å²) in [6, 6.07) is 10.7. The molecule has 0 saturated heterocycles. The van der Waals surface area contributed by atoms with Crippen LogP contribution in [0.2, 0.25) is 0 Å². The van der Waals surface area contributed by atoms with Gasteiger partial charge < -0.3 is 39.0 Å². The zero-order valence-corrected chi connectivity index (χ0v) is 29.8. The number of aliphatic hydroxyl groups is 1. The average Bonchev–Trinajstić information content (AvgIpc) is 3.53. The highest BCUT2D eigenvalue weighted by molar-refractivity contribution is 7.92. The second kappa shape index (κ2) is 16.9. The molecule has 3 amide bonds. The van der Waals surface area contributed by atoms with Gasteiger partial charge in [-0.15, -0.1) is 0 Å². The molecule has 0 saturated carbocycles. The standard InChI is InChI=1S/C34H48N6O8S/c1-23-18-40(24(2)21-41)33(42)29-17-27(37-49(44,45)32-20-38(4)22-35-32)12-15-30(29)48-25(3)9-7-8-16-47-31(23)19-39(5)34(43)36-26-10-13-28(46-6)14-11-26/h10-15,17,20,22-25,31,37,41H,7-9,16,18-19,21H2,1-6H3,(H,36,43)/t23-,24+,25-,31+/m1/s1. The van der Waals surface area contributed by atoms with Crippen LogP contribution >= 0.6 is 0 Å². The molecule has 0 fully saturated rings. The third-order valence-corrected chi connectivity index (χ3v) is 9.67. The first-order chi connectivity index (χ1) is 23.3. The zero-order chi connectivity index (χ0) is 35.7. The van der Waals surface area contributed by atoms with Gasteiger partial charge in [-0.2, -0.15) is 8.42 Å². The van der Waals surface area contributed by atoms with E-state index in [0.717, 1.165) is 12.8 Å². The predicted octanol–water partition coefficient (Wildman–Crippen LogP) is 4.19. The summed E-state index contributed by atoms with van der Waals surface area (Å²) < 4.78 is 47.9. The molecule has 2 heterocycles. The molecular weight excluding hydrogens is 652 g/mol. The molecule has 268 valence electrons. The first kappa shape index (κ1) is 37.5. The van der Waals surface area contributed by atoms with E-state index >= 15 is 0 Å². The number of imidazole rings is 1. The monoisotopic (exact) mass is 700 g/mol. The second-order valence-electron chi connectivity index (χ2n) is 12.5. The minimum atomic E-state index is -4.04. The summed E-state index contributed by atoms with van der Waals surface area (Å²) in [7, 11) is 0.885. The van der Waals surface area contributed by atoms with Crippen molar-refractivity contribution in [3.05, 3.63) is 60.6 Å². The number of amides is 3. The summed E-state index contributed by atoms with van der Waals surface area (Å²) in [4.78, 5) is 34.5. The number of aryl methyl sites for hydroxylation is 1. The Hall–Kier alpha value is -4.34. The van der Waals surface area contributed by atoms with Crippen molar-refractivity contribution in [1.82, 2.24) is 19.4 Å². The van der Waals surface area contributed by atoms with E-state index in [0.29, 0.717) is 30.2 Å². The van der Waals surface area contributed by atoms with Crippen LogP contribution in [-0.4, -0.2) is 104 Å². The van der Waals surface area contributed by atoms with Crippen LogP contribution in [-0.2, 0) is 21.8 Å². The van der Waals surface area contributed by atoms with Crippen molar-refractivity contribution in [2.45, 2.75) is 63.3 Å². The van der Waals surface area contributed by atoms with Crippen LogP contribution in [0.4, 0.5) is 16.2 Å². The normalized spacial score (nSPS) is 19.9. The van der Waals surface area contributed by atoms with Crippen molar-refractivity contribution in [2.75, 3.05) is 50.5 Å². The lowest BCUT2D eigenvalue weighted by atomic mass is 10.0. The number of hydrogen-bond donors (Lipinski definition) is 3. The molecule has 14 nitrogen and oxygen atoms in total. The van der Waals surface area contributed by atoms with E-state index in [2.05, 4.69) is 15.0 Å². The highest BCUT2D eigenvalue weighted by atomic mass is 32.2. The lowest BCUT2D eigenvalue weighted by Crippen LogP contribution is -2.48. The molecule has 4 atom stereocenters. The number of rotatable bonds is 9. The number of methoxy groups -OCH3 is 1. The Bertz CT molecular complexity index is 1660.